The standard InChI is InChI=1S/C15H13FO2/c1-9-5-3-4-6-11(9)12-8-14(16)10(2)7-13(12)15(17)18/h3-8H,1-2H3,(H,17,18). The number of hydrogen-bond donors (Lipinski definition) is 1. The van der Waals surface area contributed by atoms with Crippen LogP contribution >= 0.6 is 0 Å². The molecule has 2 aromatic rings. The van der Waals surface area contributed by atoms with Crippen molar-refractivity contribution in [2.45, 2.75) is 13.8 Å². The quantitative estimate of drug-likeness (QED) is 0.872. The monoisotopic (exact) mass is 244 g/mol. The van der Waals surface area contributed by atoms with Crippen molar-refractivity contribution in [2.75, 3.05) is 0 Å². The first-order chi connectivity index (χ1) is 8.50. The third-order valence-electron chi connectivity index (χ3n) is 2.96. The van der Waals surface area contributed by atoms with Gasteiger partial charge in [-0.25, -0.2) is 9.18 Å². The number of hydrogen-bond acceptors (Lipinski definition) is 1. The fraction of sp³-hybridized carbons (Fsp3) is 0.133. The maximum atomic E-state index is 13.6. The first-order valence-corrected chi connectivity index (χ1v) is 5.60. The molecule has 1 N–H and O–H groups in total. The van der Waals surface area contributed by atoms with Gasteiger partial charge in [-0.15, -0.1) is 0 Å². The highest BCUT2D eigenvalue weighted by atomic mass is 19.1. The van der Waals surface area contributed by atoms with E-state index in [2.05, 4.69) is 0 Å². The van der Waals surface area contributed by atoms with Crippen molar-refractivity contribution in [2.24, 2.45) is 0 Å². The largest absolute Gasteiger partial charge is 0.478 e. The van der Waals surface area contributed by atoms with E-state index < -0.39 is 11.8 Å². The van der Waals surface area contributed by atoms with E-state index in [0.29, 0.717) is 11.1 Å². The van der Waals surface area contributed by atoms with Crippen molar-refractivity contribution in [3.05, 3.63) is 58.9 Å². The highest BCUT2D eigenvalue weighted by Gasteiger charge is 2.15. The molecule has 0 amide bonds. The minimum atomic E-state index is -1.05. The molecule has 0 aliphatic carbocycles. The second kappa shape index (κ2) is 4.61. The van der Waals surface area contributed by atoms with Gasteiger partial charge in [0, 0.05) is 0 Å². The van der Waals surface area contributed by atoms with Gasteiger partial charge in [-0.05, 0) is 48.2 Å². The van der Waals surface area contributed by atoms with Gasteiger partial charge in [-0.3, -0.25) is 0 Å². The van der Waals surface area contributed by atoms with Crippen molar-refractivity contribution in [1.82, 2.24) is 0 Å². The molecule has 0 spiro atoms. The van der Waals surface area contributed by atoms with Crippen LogP contribution in [0.5, 0.6) is 0 Å². The highest BCUT2D eigenvalue weighted by Crippen LogP contribution is 2.29. The van der Waals surface area contributed by atoms with Crippen molar-refractivity contribution in [3.63, 3.8) is 0 Å². The lowest BCUT2D eigenvalue weighted by atomic mass is 9.94. The van der Waals surface area contributed by atoms with Crippen molar-refractivity contribution < 1.29 is 14.3 Å². The molecule has 0 saturated carbocycles. The Kier molecular flexibility index (Phi) is 3.15. The topological polar surface area (TPSA) is 37.3 Å². The molecule has 0 aromatic heterocycles. The van der Waals surface area contributed by atoms with Gasteiger partial charge in [0.1, 0.15) is 5.82 Å². The zero-order chi connectivity index (χ0) is 13.3. The summed E-state index contributed by atoms with van der Waals surface area (Å²) in [5.74, 6) is -1.44. The molecule has 0 bridgehead atoms. The Hall–Kier alpha value is -2.16. The average Bonchev–Trinajstić information content (AvgIpc) is 2.32. The molecule has 2 aromatic carbocycles. The van der Waals surface area contributed by atoms with Crippen LogP contribution in [0, 0.1) is 19.7 Å². The fourth-order valence-electron chi connectivity index (χ4n) is 1.96. The normalized spacial score (nSPS) is 10.4. The Bertz CT molecular complexity index is 618. The van der Waals surface area contributed by atoms with Gasteiger partial charge in [-0.2, -0.15) is 0 Å². The second-order valence-corrected chi connectivity index (χ2v) is 4.27. The third kappa shape index (κ3) is 2.12. The zero-order valence-electron chi connectivity index (χ0n) is 10.2. The second-order valence-electron chi connectivity index (χ2n) is 4.27. The van der Waals surface area contributed by atoms with E-state index in [0.717, 1.165) is 11.1 Å². The Morgan fingerprint density at radius 1 is 1.06 bits per heavy atom. The molecule has 3 heteroatoms. The van der Waals surface area contributed by atoms with Gasteiger partial charge in [0.15, 0.2) is 0 Å². The summed E-state index contributed by atoms with van der Waals surface area (Å²) in [6.45, 7) is 3.43. The Morgan fingerprint density at radius 3 is 2.33 bits per heavy atom. The minimum absolute atomic E-state index is 0.128. The van der Waals surface area contributed by atoms with Crippen LogP contribution in [0.15, 0.2) is 36.4 Å². The summed E-state index contributed by atoms with van der Waals surface area (Å²) in [5, 5.41) is 9.21. The van der Waals surface area contributed by atoms with Crippen LogP contribution in [0.3, 0.4) is 0 Å². The molecular weight excluding hydrogens is 231 g/mol. The van der Waals surface area contributed by atoms with Crippen LogP contribution in [-0.2, 0) is 0 Å². The SMILES string of the molecule is Cc1cc(C(=O)O)c(-c2ccccc2C)cc1F. The van der Waals surface area contributed by atoms with E-state index >= 15 is 0 Å². The van der Waals surface area contributed by atoms with Crippen LogP contribution in [0.25, 0.3) is 11.1 Å². The number of aryl methyl sites for hydroxylation is 2. The lowest BCUT2D eigenvalue weighted by molar-refractivity contribution is 0.0697. The summed E-state index contributed by atoms with van der Waals surface area (Å²) in [6, 6.07) is 10.0. The van der Waals surface area contributed by atoms with E-state index in [-0.39, 0.29) is 5.56 Å². The number of benzene rings is 2. The van der Waals surface area contributed by atoms with E-state index in [4.69, 9.17) is 0 Å². The fourth-order valence-corrected chi connectivity index (χ4v) is 1.96. The summed E-state index contributed by atoms with van der Waals surface area (Å²) >= 11 is 0. The number of aromatic carboxylic acids is 1. The van der Waals surface area contributed by atoms with Crippen LogP contribution in [-0.4, -0.2) is 11.1 Å². The maximum Gasteiger partial charge on any atom is 0.336 e. The summed E-state index contributed by atoms with van der Waals surface area (Å²) in [5.41, 5.74) is 2.55. The van der Waals surface area contributed by atoms with Gasteiger partial charge in [0.2, 0.25) is 0 Å². The van der Waals surface area contributed by atoms with E-state index in [1.807, 2.05) is 25.1 Å². The van der Waals surface area contributed by atoms with Crippen molar-refractivity contribution >= 4 is 5.97 Å². The van der Waals surface area contributed by atoms with Crippen LogP contribution in [0.1, 0.15) is 21.5 Å². The minimum Gasteiger partial charge on any atom is -0.478 e. The van der Waals surface area contributed by atoms with E-state index in [1.165, 1.54) is 12.1 Å². The first-order valence-electron chi connectivity index (χ1n) is 5.60. The highest BCUT2D eigenvalue weighted by molar-refractivity contribution is 5.96. The maximum absolute atomic E-state index is 13.6. The van der Waals surface area contributed by atoms with Gasteiger partial charge >= 0.3 is 5.97 Å². The summed E-state index contributed by atoms with van der Waals surface area (Å²) in [7, 11) is 0. The predicted octanol–water partition coefficient (Wildman–Crippen LogP) is 3.81. The van der Waals surface area contributed by atoms with Crippen LogP contribution in [0.2, 0.25) is 0 Å². The molecule has 0 radical (unpaired) electrons. The molecule has 18 heavy (non-hydrogen) atoms. The first kappa shape index (κ1) is 12.3. The molecule has 0 saturated heterocycles. The molecule has 0 aliphatic rings. The molecular formula is C15H13FO2. The van der Waals surface area contributed by atoms with Crippen molar-refractivity contribution in [1.29, 1.82) is 0 Å². The third-order valence-corrected chi connectivity index (χ3v) is 2.96. The molecule has 92 valence electrons. The summed E-state index contributed by atoms with van der Waals surface area (Å²) in [6.07, 6.45) is 0. The van der Waals surface area contributed by atoms with Crippen molar-refractivity contribution in [3.8, 4) is 11.1 Å². The van der Waals surface area contributed by atoms with Gasteiger partial charge < -0.3 is 5.11 Å². The lowest BCUT2D eigenvalue weighted by Crippen LogP contribution is -2.02. The van der Waals surface area contributed by atoms with Gasteiger partial charge in [0.25, 0.3) is 0 Å². The Labute approximate surface area is 105 Å². The van der Waals surface area contributed by atoms with Gasteiger partial charge in [-0.1, -0.05) is 24.3 Å². The summed E-state index contributed by atoms with van der Waals surface area (Å²) in [4.78, 5) is 11.2. The van der Waals surface area contributed by atoms with Crippen LogP contribution in [0.4, 0.5) is 4.39 Å². The van der Waals surface area contributed by atoms with E-state index in [9.17, 15) is 14.3 Å². The average molecular weight is 244 g/mol. The smallest absolute Gasteiger partial charge is 0.336 e. The number of carboxylic acids is 1. The van der Waals surface area contributed by atoms with Gasteiger partial charge in [0.05, 0.1) is 5.56 Å². The molecule has 0 atom stereocenters. The molecule has 0 unspecified atom stereocenters. The number of carbonyl (C=O) groups is 1. The van der Waals surface area contributed by atoms with E-state index in [1.54, 1.807) is 13.0 Å². The molecule has 2 rings (SSSR count). The Morgan fingerprint density at radius 2 is 1.72 bits per heavy atom. The number of halogens is 1. The zero-order valence-corrected chi connectivity index (χ0v) is 10.2. The molecule has 0 aliphatic heterocycles. The number of rotatable bonds is 2. The summed E-state index contributed by atoms with van der Waals surface area (Å²) < 4.78 is 13.6. The molecule has 2 nitrogen and oxygen atoms in total. The number of carboxylic acid groups (broad SMARTS) is 1. The van der Waals surface area contributed by atoms with Crippen LogP contribution < -0.4 is 0 Å². The predicted molar refractivity (Wildman–Crippen MR) is 68.3 cm³/mol. The Balaban J connectivity index is 2.74. The molecule has 0 heterocycles. The molecule has 0 fully saturated rings. The lowest BCUT2D eigenvalue weighted by Gasteiger charge is -2.11.